The highest BCUT2D eigenvalue weighted by Gasteiger charge is 2.56. The fraction of sp³-hybridized carbons (Fsp3) is 0.318. The van der Waals surface area contributed by atoms with Gasteiger partial charge < -0.3 is 5.32 Å². The van der Waals surface area contributed by atoms with E-state index in [1.165, 1.54) is 24.8 Å². The molecular formula is C22H17F6N5O. The average Bonchev–Trinajstić information content (AvgIpc) is 3.60. The van der Waals surface area contributed by atoms with Gasteiger partial charge in [-0.25, -0.2) is 15.0 Å². The van der Waals surface area contributed by atoms with E-state index < -0.39 is 47.3 Å². The highest BCUT2D eigenvalue weighted by atomic mass is 19.4. The molecule has 1 N–H and O–H groups in total. The number of hydrogen-bond donors (Lipinski definition) is 1. The Balaban J connectivity index is 1.62. The number of carbonyl (C=O) groups is 1. The molecule has 0 aliphatic heterocycles. The second-order valence-corrected chi connectivity index (χ2v) is 7.89. The smallest absolute Gasteiger partial charge is 0.344 e. The zero-order valence-corrected chi connectivity index (χ0v) is 17.5. The van der Waals surface area contributed by atoms with Crippen LogP contribution >= 0.6 is 0 Å². The first-order valence-electron chi connectivity index (χ1n) is 10.1. The summed E-state index contributed by atoms with van der Waals surface area (Å²) in [5, 5.41) is 2.54. The number of carbonyl (C=O) groups excluding carboxylic acids is 1. The van der Waals surface area contributed by atoms with Crippen LogP contribution in [-0.4, -0.2) is 32.0 Å². The third-order valence-corrected chi connectivity index (χ3v) is 5.45. The van der Waals surface area contributed by atoms with Crippen molar-refractivity contribution < 1.29 is 31.1 Å². The maximum absolute atomic E-state index is 13.4. The SMILES string of the molecule is CC(NC(=O)c1cc(C2CC2C(F)(F)F)cc(C(F)(F)F)c1)c1nccnc1-c1ncccn1. The van der Waals surface area contributed by atoms with Gasteiger partial charge in [-0.3, -0.25) is 9.78 Å². The molecule has 1 saturated carbocycles. The summed E-state index contributed by atoms with van der Waals surface area (Å²) in [6, 6.07) is 3.14. The van der Waals surface area contributed by atoms with Gasteiger partial charge in [0.05, 0.1) is 23.2 Å². The van der Waals surface area contributed by atoms with Crippen LogP contribution < -0.4 is 5.32 Å². The molecular weight excluding hydrogens is 464 g/mol. The quantitative estimate of drug-likeness (QED) is 0.513. The molecule has 0 saturated heterocycles. The number of rotatable bonds is 5. The van der Waals surface area contributed by atoms with E-state index in [1.807, 2.05) is 0 Å². The first-order valence-corrected chi connectivity index (χ1v) is 10.1. The second-order valence-electron chi connectivity index (χ2n) is 7.89. The Kier molecular flexibility index (Phi) is 6.00. The van der Waals surface area contributed by atoms with Crippen LogP contribution in [0.2, 0.25) is 0 Å². The highest BCUT2D eigenvalue weighted by molar-refractivity contribution is 5.95. The molecule has 6 nitrogen and oxygen atoms in total. The summed E-state index contributed by atoms with van der Waals surface area (Å²) < 4.78 is 79.2. The van der Waals surface area contributed by atoms with Gasteiger partial charge in [-0.2, -0.15) is 26.3 Å². The Bertz CT molecular complexity index is 1200. The lowest BCUT2D eigenvalue weighted by atomic mass is 10.00. The Morgan fingerprint density at radius 2 is 1.65 bits per heavy atom. The zero-order chi connectivity index (χ0) is 24.7. The molecule has 3 atom stereocenters. The van der Waals surface area contributed by atoms with Crippen LogP contribution in [0.5, 0.6) is 0 Å². The number of alkyl halides is 6. The molecule has 0 bridgehead atoms. The molecule has 0 spiro atoms. The monoisotopic (exact) mass is 481 g/mol. The standard InChI is InChI=1S/C22H17F6N5O/c1-11(17-18(30-6-5-29-17)19-31-3-2-4-32-19)33-20(34)13-7-12(8-14(9-13)21(23,24)25)15-10-16(15)22(26,27)28/h2-9,11,15-16H,10H2,1H3,(H,33,34). The molecule has 3 aromatic rings. The molecule has 2 aromatic heterocycles. The molecule has 1 aliphatic carbocycles. The lowest BCUT2D eigenvalue weighted by Crippen LogP contribution is -2.28. The molecule has 3 unspecified atom stereocenters. The lowest BCUT2D eigenvalue weighted by Gasteiger charge is -2.17. The molecule has 1 amide bonds. The first-order chi connectivity index (χ1) is 15.9. The molecule has 1 fully saturated rings. The molecule has 178 valence electrons. The molecule has 4 rings (SSSR count). The van der Waals surface area contributed by atoms with Crippen LogP contribution in [0.1, 0.15) is 52.5 Å². The third-order valence-electron chi connectivity index (χ3n) is 5.45. The minimum Gasteiger partial charge on any atom is -0.344 e. The van der Waals surface area contributed by atoms with Crippen LogP contribution in [0.25, 0.3) is 11.5 Å². The predicted octanol–water partition coefficient (Wildman–Crippen LogP) is 5.11. The summed E-state index contributed by atoms with van der Waals surface area (Å²) in [5.41, 5.74) is -1.22. The second kappa shape index (κ2) is 8.65. The van der Waals surface area contributed by atoms with E-state index in [1.54, 1.807) is 13.0 Å². The summed E-state index contributed by atoms with van der Waals surface area (Å²) >= 11 is 0. The van der Waals surface area contributed by atoms with E-state index in [4.69, 9.17) is 0 Å². The topological polar surface area (TPSA) is 80.7 Å². The maximum Gasteiger partial charge on any atom is 0.416 e. The van der Waals surface area contributed by atoms with Gasteiger partial charge in [-0.05, 0) is 49.1 Å². The van der Waals surface area contributed by atoms with Crippen LogP contribution in [0.3, 0.4) is 0 Å². The van der Waals surface area contributed by atoms with Gasteiger partial charge in [-0.15, -0.1) is 0 Å². The van der Waals surface area contributed by atoms with Crippen molar-refractivity contribution in [1.29, 1.82) is 0 Å². The number of benzene rings is 1. The molecule has 1 aromatic carbocycles. The van der Waals surface area contributed by atoms with Crippen LogP contribution in [0.15, 0.2) is 49.1 Å². The van der Waals surface area contributed by atoms with Crippen molar-refractivity contribution in [2.24, 2.45) is 5.92 Å². The van der Waals surface area contributed by atoms with Gasteiger partial charge in [-0.1, -0.05) is 0 Å². The summed E-state index contributed by atoms with van der Waals surface area (Å²) in [7, 11) is 0. The van der Waals surface area contributed by atoms with E-state index in [0.717, 1.165) is 6.07 Å². The Morgan fingerprint density at radius 1 is 0.971 bits per heavy atom. The van der Waals surface area contributed by atoms with E-state index >= 15 is 0 Å². The largest absolute Gasteiger partial charge is 0.416 e. The van der Waals surface area contributed by atoms with Crippen molar-refractivity contribution in [3.05, 3.63) is 71.4 Å². The summed E-state index contributed by atoms with van der Waals surface area (Å²) in [5.74, 6) is -3.50. The number of nitrogens with zero attached hydrogens (tertiary/aromatic N) is 4. The number of hydrogen-bond acceptors (Lipinski definition) is 5. The first kappa shape index (κ1) is 23.6. The van der Waals surface area contributed by atoms with Gasteiger partial charge in [0, 0.05) is 30.4 Å². The summed E-state index contributed by atoms with van der Waals surface area (Å²) in [6.45, 7) is 1.55. The van der Waals surface area contributed by atoms with Gasteiger partial charge >= 0.3 is 12.4 Å². The van der Waals surface area contributed by atoms with E-state index in [-0.39, 0.29) is 29.2 Å². The van der Waals surface area contributed by atoms with Crippen molar-refractivity contribution in [3.63, 3.8) is 0 Å². The van der Waals surface area contributed by atoms with Gasteiger partial charge in [0.2, 0.25) is 0 Å². The zero-order valence-electron chi connectivity index (χ0n) is 17.5. The van der Waals surface area contributed by atoms with Crippen molar-refractivity contribution >= 4 is 5.91 Å². The Labute approximate surface area is 189 Å². The molecule has 12 heteroatoms. The fourth-order valence-electron chi connectivity index (χ4n) is 3.69. The van der Waals surface area contributed by atoms with Crippen molar-refractivity contribution in [3.8, 4) is 11.5 Å². The molecule has 1 aliphatic rings. The molecule has 0 radical (unpaired) electrons. The fourth-order valence-corrected chi connectivity index (χ4v) is 3.69. The van der Waals surface area contributed by atoms with Gasteiger partial charge in [0.15, 0.2) is 5.82 Å². The van der Waals surface area contributed by atoms with Crippen LogP contribution in [-0.2, 0) is 6.18 Å². The van der Waals surface area contributed by atoms with Crippen molar-refractivity contribution in [2.45, 2.75) is 37.7 Å². The van der Waals surface area contributed by atoms with Gasteiger partial charge in [0.25, 0.3) is 5.91 Å². The summed E-state index contributed by atoms with van der Waals surface area (Å²) in [4.78, 5) is 29.4. The predicted molar refractivity (Wildman–Crippen MR) is 107 cm³/mol. The maximum atomic E-state index is 13.4. The minimum atomic E-state index is -4.83. The van der Waals surface area contributed by atoms with Crippen LogP contribution in [0, 0.1) is 5.92 Å². The number of nitrogens with one attached hydrogen (secondary N) is 1. The highest BCUT2D eigenvalue weighted by Crippen LogP contribution is 2.56. The summed E-state index contributed by atoms with van der Waals surface area (Å²) in [6.07, 6.45) is -3.92. The normalized spacial score (nSPS) is 18.9. The number of aromatic nitrogens is 4. The average molecular weight is 481 g/mol. The lowest BCUT2D eigenvalue weighted by molar-refractivity contribution is -0.148. The van der Waals surface area contributed by atoms with E-state index in [9.17, 15) is 31.1 Å². The Morgan fingerprint density at radius 3 is 2.26 bits per heavy atom. The number of amides is 1. The minimum absolute atomic E-state index is 0.173. The van der Waals surface area contributed by atoms with Gasteiger partial charge in [0.1, 0.15) is 5.69 Å². The Hall–Kier alpha value is -3.57. The van der Waals surface area contributed by atoms with E-state index in [0.29, 0.717) is 12.1 Å². The molecule has 34 heavy (non-hydrogen) atoms. The van der Waals surface area contributed by atoms with Crippen molar-refractivity contribution in [2.75, 3.05) is 0 Å². The molecule has 2 heterocycles. The van der Waals surface area contributed by atoms with E-state index in [2.05, 4.69) is 25.3 Å². The van der Waals surface area contributed by atoms with Crippen LogP contribution in [0.4, 0.5) is 26.3 Å². The third kappa shape index (κ3) is 5.00. The van der Waals surface area contributed by atoms with Crippen molar-refractivity contribution in [1.82, 2.24) is 25.3 Å². The number of halogens is 6.